The molecule has 0 aliphatic heterocycles. The standard InChI is InChI=1S/C21H23F2NO4/c1-2-3-9-19(26)27-14-18(25)24-20(15-7-5-4-6-8-15)16-10-12-17(13-11-16)28-21(22)23/h4-8,10-13,20-21H,2-3,9,14H2,1H3,(H,24,25)/t20-/m1/s1. The van der Waals surface area contributed by atoms with Crippen LogP contribution in [0.3, 0.4) is 0 Å². The smallest absolute Gasteiger partial charge is 0.387 e. The predicted molar refractivity (Wildman–Crippen MR) is 100.0 cm³/mol. The van der Waals surface area contributed by atoms with Crippen LogP contribution in [0.1, 0.15) is 43.4 Å². The number of halogens is 2. The van der Waals surface area contributed by atoms with E-state index in [9.17, 15) is 18.4 Å². The third-order valence-corrected chi connectivity index (χ3v) is 3.98. The number of carbonyl (C=O) groups is 2. The highest BCUT2D eigenvalue weighted by atomic mass is 19.3. The first-order valence-electron chi connectivity index (χ1n) is 9.04. The fourth-order valence-electron chi connectivity index (χ4n) is 2.59. The van der Waals surface area contributed by atoms with Crippen LogP contribution in [0.25, 0.3) is 0 Å². The van der Waals surface area contributed by atoms with Crippen molar-refractivity contribution in [3.8, 4) is 5.75 Å². The second kappa shape index (κ2) is 11.0. The topological polar surface area (TPSA) is 64.6 Å². The lowest BCUT2D eigenvalue weighted by molar-refractivity contribution is -0.148. The molecule has 1 amide bonds. The minimum atomic E-state index is -2.90. The largest absolute Gasteiger partial charge is 0.456 e. The zero-order valence-electron chi connectivity index (χ0n) is 15.6. The summed E-state index contributed by atoms with van der Waals surface area (Å²) in [6.07, 6.45) is 1.85. The normalized spacial score (nSPS) is 11.7. The molecule has 0 unspecified atom stereocenters. The van der Waals surface area contributed by atoms with Gasteiger partial charge in [0.25, 0.3) is 5.91 Å². The maximum Gasteiger partial charge on any atom is 0.387 e. The highest BCUT2D eigenvalue weighted by Gasteiger charge is 2.18. The van der Waals surface area contributed by atoms with Gasteiger partial charge < -0.3 is 14.8 Å². The Balaban J connectivity index is 2.08. The van der Waals surface area contributed by atoms with Crippen LogP contribution in [0.15, 0.2) is 54.6 Å². The lowest BCUT2D eigenvalue weighted by Crippen LogP contribution is -2.33. The van der Waals surface area contributed by atoms with Gasteiger partial charge in [0, 0.05) is 6.42 Å². The predicted octanol–water partition coefficient (Wildman–Crippen LogP) is 4.23. The monoisotopic (exact) mass is 391 g/mol. The van der Waals surface area contributed by atoms with Gasteiger partial charge in [0.05, 0.1) is 6.04 Å². The Bertz CT molecular complexity index is 751. The summed E-state index contributed by atoms with van der Waals surface area (Å²) in [6.45, 7) is -1.32. The first-order chi connectivity index (χ1) is 13.5. The lowest BCUT2D eigenvalue weighted by Gasteiger charge is -2.20. The van der Waals surface area contributed by atoms with Crippen LogP contribution in [-0.4, -0.2) is 25.1 Å². The van der Waals surface area contributed by atoms with E-state index in [1.165, 1.54) is 12.1 Å². The van der Waals surface area contributed by atoms with Crippen molar-refractivity contribution in [3.63, 3.8) is 0 Å². The van der Waals surface area contributed by atoms with Crippen molar-refractivity contribution in [2.75, 3.05) is 6.61 Å². The van der Waals surface area contributed by atoms with Crippen LogP contribution in [0.4, 0.5) is 8.78 Å². The summed E-state index contributed by atoms with van der Waals surface area (Å²) in [7, 11) is 0. The van der Waals surface area contributed by atoms with Gasteiger partial charge in [0.2, 0.25) is 0 Å². The maximum absolute atomic E-state index is 12.3. The van der Waals surface area contributed by atoms with E-state index >= 15 is 0 Å². The van der Waals surface area contributed by atoms with Gasteiger partial charge in [-0.3, -0.25) is 9.59 Å². The van der Waals surface area contributed by atoms with Crippen LogP contribution in [0.5, 0.6) is 5.75 Å². The first-order valence-corrected chi connectivity index (χ1v) is 9.04. The summed E-state index contributed by atoms with van der Waals surface area (Å²) in [5.41, 5.74) is 1.48. The van der Waals surface area contributed by atoms with Crippen LogP contribution >= 0.6 is 0 Å². The molecular weight excluding hydrogens is 368 g/mol. The molecule has 1 atom stereocenters. The third-order valence-electron chi connectivity index (χ3n) is 3.98. The number of carbonyl (C=O) groups excluding carboxylic acids is 2. The van der Waals surface area contributed by atoms with E-state index in [0.717, 1.165) is 12.0 Å². The number of rotatable bonds is 10. The average molecular weight is 391 g/mol. The molecule has 1 N–H and O–H groups in total. The Kier molecular flexibility index (Phi) is 8.39. The highest BCUT2D eigenvalue weighted by molar-refractivity contribution is 5.81. The lowest BCUT2D eigenvalue weighted by atomic mass is 9.98. The minimum absolute atomic E-state index is 0.0294. The van der Waals surface area contributed by atoms with E-state index in [2.05, 4.69) is 10.1 Å². The van der Waals surface area contributed by atoms with Gasteiger partial charge in [-0.2, -0.15) is 8.78 Å². The fraction of sp³-hybridized carbons (Fsp3) is 0.333. The highest BCUT2D eigenvalue weighted by Crippen LogP contribution is 2.24. The Morgan fingerprint density at radius 1 is 1.00 bits per heavy atom. The summed E-state index contributed by atoms with van der Waals surface area (Å²) < 4.78 is 34.0. The van der Waals surface area contributed by atoms with E-state index in [0.29, 0.717) is 12.0 Å². The molecule has 2 aromatic carbocycles. The summed E-state index contributed by atoms with van der Waals surface area (Å²) in [6, 6.07) is 14.7. The molecule has 0 radical (unpaired) electrons. The number of hydrogen-bond acceptors (Lipinski definition) is 4. The third kappa shape index (κ3) is 6.98. The van der Waals surface area contributed by atoms with Gasteiger partial charge in [0.1, 0.15) is 5.75 Å². The van der Waals surface area contributed by atoms with Gasteiger partial charge in [-0.1, -0.05) is 55.8 Å². The molecule has 5 nitrogen and oxygen atoms in total. The maximum atomic E-state index is 12.3. The number of esters is 1. The molecule has 0 heterocycles. The molecule has 0 aliphatic rings. The van der Waals surface area contributed by atoms with Crippen molar-refractivity contribution in [1.82, 2.24) is 5.32 Å². The van der Waals surface area contributed by atoms with Crippen LogP contribution in [-0.2, 0) is 14.3 Å². The molecule has 0 fully saturated rings. The van der Waals surface area contributed by atoms with Crippen LogP contribution < -0.4 is 10.1 Å². The van der Waals surface area contributed by atoms with Crippen molar-refractivity contribution < 1.29 is 27.8 Å². The summed E-state index contributed by atoms with van der Waals surface area (Å²) in [4.78, 5) is 23.9. The summed E-state index contributed by atoms with van der Waals surface area (Å²) >= 11 is 0. The Labute approximate surface area is 162 Å². The molecule has 150 valence electrons. The molecule has 2 aromatic rings. The zero-order valence-corrected chi connectivity index (χ0v) is 15.6. The Morgan fingerprint density at radius 2 is 1.64 bits per heavy atom. The van der Waals surface area contributed by atoms with E-state index in [4.69, 9.17) is 4.74 Å². The quantitative estimate of drug-likeness (QED) is 0.616. The molecule has 7 heteroatoms. The van der Waals surface area contributed by atoms with Crippen molar-refractivity contribution in [1.29, 1.82) is 0 Å². The number of unbranched alkanes of at least 4 members (excludes halogenated alkanes) is 1. The number of ether oxygens (including phenoxy) is 2. The molecule has 0 bridgehead atoms. The number of alkyl halides is 2. The number of hydrogen-bond donors (Lipinski definition) is 1. The van der Waals surface area contributed by atoms with Crippen molar-refractivity contribution in [2.24, 2.45) is 0 Å². The Hall–Kier alpha value is -2.96. The van der Waals surface area contributed by atoms with Crippen molar-refractivity contribution in [2.45, 2.75) is 38.8 Å². The molecular formula is C21H23F2NO4. The van der Waals surface area contributed by atoms with Crippen molar-refractivity contribution in [3.05, 3.63) is 65.7 Å². The SMILES string of the molecule is CCCCC(=O)OCC(=O)N[C@H](c1ccccc1)c1ccc(OC(F)F)cc1. The number of amides is 1. The number of nitrogens with one attached hydrogen (secondary N) is 1. The molecule has 0 aliphatic carbocycles. The minimum Gasteiger partial charge on any atom is -0.456 e. The van der Waals surface area contributed by atoms with E-state index in [1.54, 1.807) is 12.1 Å². The molecule has 0 aromatic heterocycles. The second-order valence-corrected chi connectivity index (χ2v) is 6.12. The van der Waals surface area contributed by atoms with E-state index in [-0.39, 0.29) is 18.8 Å². The molecule has 0 saturated carbocycles. The van der Waals surface area contributed by atoms with E-state index in [1.807, 2.05) is 37.3 Å². The summed E-state index contributed by atoms with van der Waals surface area (Å²) in [5.74, 6) is -0.838. The van der Waals surface area contributed by atoms with Gasteiger partial charge >= 0.3 is 12.6 Å². The van der Waals surface area contributed by atoms with Crippen molar-refractivity contribution >= 4 is 11.9 Å². The number of benzene rings is 2. The molecule has 2 rings (SSSR count). The molecule has 28 heavy (non-hydrogen) atoms. The van der Waals surface area contributed by atoms with E-state index < -0.39 is 24.5 Å². The molecule has 0 saturated heterocycles. The van der Waals surface area contributed by atoms with Crippen LogP contribution in [0, 0.1) is 0 Å². The summed E-state index contributed by atoms with van der Waals surface area (Å²) in [5, 5.41) is 2.82. The van der Waals surface area contributed by atoms with Gasteiger partial charge in [0.15, 0.2) is 6.61 Å². The van der Waals surface area contributed by atoms with Gasteiger partial charge in [-0.25, -0.2) is 0 Å². The second-order valence-electron chi connectivity index (χ2n) is 6.12. The van der Waals surface area contributed by atoms with Gasteiger partial charge in [-0.05, 0) is 29.7 Å². The fourth-order valence-corrected chi connectivity index (χ4v) is 2.59. The molecule has 0 spiro atoms. The Morgan fingerprint density at radius 3 is 2.25 bits per heavy atom. The van der Waals surface area contributed by atoms with Crippen LogP contribution in [0.2, 0.25) is 0 Å². The van der Waals surface area contributed by atoms with Gasteiger partial charge in [-0.15, -0.1) is 0 Å². The first kappa shape index (κ1) is 21.3. The average Bonchev–Trinajstić information content (AvgIpc) is 2.70. The zero-order chi connectivity index (χ0) is 20.4.